The summed E-state index contributed by atoms with van der Waals surface area (Å²) in [7, 11) is 0. The van der Waals surface area contributed by atoms with Crippen molar-refractivity contribution in [2.24, 2.45) is 0 Å². The number of hydrogen-bond acceptors (Lipinski definition) is 3. The van der Waals surface area contributed by atoms with E-state index in [4.69, 9.17) is 9.15 Å². The van der Waals surface area contributed by atoms with E-state index in [0.29, 0.717) is 6.61 Å². The van der Waals surface area contributed by atoms with Crippen molar-refractivity contribution in [3.05, 3.63) is 53.5 Å². The van der Waals surface area contributed by atoms with Gasteiger partial charge in [-0.2, -0.15) is 0 Å². The number of aryl methyl sites for hydroxylation is 1. The van der Waals surface area contributed by atoms with Crippen molar-refractivity contribution in [3.63, 3.8) is 0 Å². The Bertz CT molecular complexity index is 502. The van der Waals surface area contributed by atoms with E-state index in [1.807, 2.05) is 18.2 Å². The predicted molar refractivity (Wildman–Crippen MR) is 80.9 cm³/mol. The number of nitrogens with one attached hydrogen (secondary N) is 1. The van der Waals surface area contributed by atoms with E-state index in [9.17, 15) is 0 Å². The lowest BCUT2D eigenvalue weighted by molar-refractivity contribution is 0.270. The number of furan rings is 1. The summed E-state index contributed by atoms with van der Waals surface area (Å²) in [5, 5.41) is 3.27. The lowest BCUT2D eigenvalue weighted by Crippen LogP contribution is -2.10. The molecule has 0 fully saturated rings. The fraction of sp³-hybridized carbons (Fsp3) is 0.412. The van der Waals surface area contributed by atoms with Gasteiger partial charge in [-0.3, -0.25) is 0 Å². The second-order valence-electron chi connectivity index (χ2n) is 4.88. The molecule has 0 aliphatic carbocycles. The Balaban J connectivity index is 1.83. The third-order valence-corrected chi connectivity index (χ3v) is 3.13. The van der Waals surface area contributed by atoms with Crippen molar-refractivity contribution >= 4 is 0 Å². The first kappa shape index (κ1) is 14.7. The third-order valence-electron chi connectivity index (χ3n) is 3.13. The molecule has 1 aromatic carbocycles. The van der Waals surface area contributed by atoms with Crippen LogP contribution in [0.3, 0.4) is 0 Å². The van der Waals surface area contributed by atoms with Gasteiger partial charge in [-0.1, -0.05) is 32.4 Å². The van der Waals surface area contributed by atoms with Crippen LogP contribution in [0.5, 0.6) is 5.75 Å². The minimum absolute atomic E-state index is 0.471. The van der Waals surface area contributed by atoms with Gasteiger partial charge in [0, 0.05) is 12.1 Å². The standard InChI is InChI=1S/C17H23NO2/c1-3-5-14-6-8-16(9-7-14)20-13-17-10-15(12-19-17)11-18-4-2/h6-10,12,18H,3-5,11,13H2,1-2H3. The Morgan fingerprint density at radius 3 is 2.60 bits per heavy atom. The Labute approximate surface area is 121 Å². The van der Waals surface area contributed by atoms with Gasteiger partial charge in [0.1, 0.15) is 18.1 Å². The normalized spacial score (nSPS) is 10.7. The first-order valence-corrected chi connectivity index (χ1v) is 7.30. The summed E-state index contributed by atoms with van der Waals surface area (Å²) in [6.45, 7) is 6.55. The van der Waals surface area contributed by atoms with Gasteiger partial charge in [0.15, 0.2) is 0 Å². The lowest BCUT2D eigenvalue weighted by Gasteiger charge is -2.05. The molecule has 0 atom stereocenters. The van der Waals surface area contributed by atoms with E-state index in [-0.39, 0.29) is 0 Å². The summed E-state index contributed by atoms with van der Waals surface area (Å²) >= 11 is 0. The van der Waals surface area contributed by atoms with E-state index in [0.717, 1.165) is 36.6 Å². The first-order chi connectivity index (χ1) is 9.81. The highest BCUT2D eigenvalue weighted by atomic mass is 16.5. The molecule has 1 N–H and O–H groups in total. The quantitative estimate of drug-likeness (QED) is 0.791. The van der Waals surface area contributed by atoms with Crippen molar-refractivity contribution in [1.29, 1.82) is 0 Å². The van der Waals surface area contributed by atoms with Crippen LogP contribution in [0, 0.1) is 0 Å². The van der Waals surface area contributed by atoms with Crippen molar-refractivity contribution in [3.8, 4) is 5.75 Å². The molecule has 108 valence electrons. The highest BCUT2D eigenvalue weighted by molar-refractivity contribution is 5.27. The Morgan fingerprint density at radius 1 is 1.10 bits per heavy atom. The van der Waals surface area contributed by atoms with Crippen molar-refractivity contribution < 1.29 is 9.15 Å². The highest BCUT2D eigenvalue weighted by Crippen LogP contribution is 2.16. The van der Waals surface area contributed by atoms with Crippen molar-refractivity contribution in [1.82, 2.24) is 5.32 Å². The predicted octanol–water partition coefficient (Wildman–Crippen LogP) is 3.92. The fourth-order valence-electron chi connectivity index (χ4n) is 2.06. The molecule has 2 aromatic rings. The van der Waals surface area contributed by atoms with E-state index in [1.54, 1.807) is 6.26 Å². The van der Waals surface area contributed by atoms with E-state index < -0.39 is 0 Å². The minimum atomic E-state index is 0.471. The molecule has 0 aliphatic heterocycles. The SMILES string of the molecule is CCCc1ccc(OCc2cc(CNCC)co2)cc1. The average molecular weight is 273 g/mol. The molecular weight excluding hydrogens is 250 g/mol. The number of ether oxygens (including phenoxy) is 1. The molecule has 0 unspecified atom stereocenters. The number of rotatable bonds is 8. The topological polar surface area (TPSA) is 34.4 Å². The summed E-state index contributed by atoms with van der Waals surface area (Å²) in [6.07, 6.45) is 4.07. The van der Waals surface area contributed by atoms with E-state index in [2.05, 4.69) is 31.3 Å². The first-order valence-electron chi connectivity index (χ1n) is 7.30. The molecule has 2 rings (SSSR count). The van der Waals surface area contributed by atoms with Gasteiger partial charge in [0.25, 0.3) is 0 Å². The van der Waals surface area contributed by atoms with Crippen LogP contribution < -0.4 is 10.1 Å². The second kappa shape index (κ2) is 7.75. The van der Waals surface area contributed by atoms with E-state index in [1.165, 1.54) is 12.0 Å². The molecule has 0 bridgehead atoms. The zero-order valence-electron chi connectivity index (χ0n) is 12.3. The van der Waals surface area contributed by atoms with Crippen LogP contribution in [0.25, 0.3) is 0 Å². The lowest BCUT2D eigenvalue weighted by atomic mass is 10.1. The molecular formula is C17H23NO2. The van der Waals surface area contributed by atoms with Gasteiger partial charge in [-0.15, -0.1) is 0 Å². The summed E-state index contributed by atoms with van der Waals surface area (Å²) in [6, 6.07) is 10.3. The molecule has 0 radical (unpaired) electrons. The maximum absolute atomic E-state index is 5.73. The van der Waals surface area contributed by atoms with Crippen LogP contribution in [0.1, 0.15) is 37.2 Å². The molecule has 1 heterocycles. The summed E-state index contributed by atoms with van der Waals surface area (Å²) in [5.74, 6) is 1.74. The van der Waals surface area contributed by atoms with E-state index >= 15 is 0 Å². The van der Waals surface area contributed by atoms with Crippen LogP contribution >= 0.6 is 0 Å². The maximum Gasteiger partial charge on any atom is 0.146 e. The van der Waals surface area contributed by atoms with Crippen LogP contribution in [-0.4, -0.2) is 6.54 Å². The van der Waals surface area contributed by atoms with Gasteiger partial charge in [-0.05, 0) is 36.7 Å². The number of hydrogen-bond donors (Lipinski definition) is 1. The molecule has 20 heavy (non-hydrogen) atoms. The van der Waals surface area contributed by atoms with Crippen LogP contribution in [0.2, 0.25) is 0 Å². The summed E-state index contributed by atoms with van der Waals surface area (Å²) < 4.78 is 11.2. The third kappa shape index (κ3) is 4.42. The largest absolute Gasteiger partial charge is 0.486 e. The minimum Gasteiger partial charge on any atom is -0.486 e. The monoisotopic (exact) mass is 273 g/mol. The molecule has 3 nitrogen and oxygen atoms in total. The number of benzene rings is 1. The molecule has 1 aromatic heterocycles. The van der Waals surface area contributed by atoms with Crippen LogP contribution in [0.15, 0.2) is 41.0 Å². The zero-order chi connectivity index (χ0) is 14.2. The maximum atomic E-state index is 5.73. The summed E-state index contributed by atoms with van der Waals surface area (Å²) in [4.78, 5) is 0. The van der Waals surface area contributed by atoms with Gasteiger partial charge in [-0.25, -0.2) is 0 Å². The molecule has 0 saturated carbocycles. The highest BCUT2D eigenvalue weighted by Gasteiger charge is 2.03. The molecule has 0 amide bonds. The average Bonchev–Trinajstić information content (AvgIpc) is 2.93. The van der Waals surface area contributed by atoms with Crippen LogP contribution in [-0.2, 0) is 19.6 Å². The smallest absolute Gasteiger partial charge is 0.146 e. The zero-order valence-corrected chi connectivity index (χ0v) is 12.3. The second-order valence-corrected chi connectivity index (χ2v) is 4.88. The Kier molecular flexibility index (Phi) is 5.69. The fourth-order valence-corrected chi connectivity index (χ4v) is 2.06. The van der Waals surface area contributed by atoms with Gasteiger partial charge >= 0.3 is 0 Å². The van der Waals surface area contributed by atoms with Crippen molar-refractivity contribution in [2.45, 2.75) is 39.8 Å². The van der Waals surface area contributed by atoms with Gasteiger partial charge in [0.2, 0.25) is 0 Å². The molecule has 3 heteroatoms. The Morgan fingerprint density at radius 2 is 1.90 bits per heavy atom. The van der Waals surface area contributed by atoms with Gasteiger partial charge in [0.05, 0.1) is 6.26 Å². The van der Waals surface area contributed by atoms with Crippen molar-refractivity contribution in [2.75, 3.05) is 6.54 Å². The van der Waals surface area contributed by atoms with Gasteiger partial charge < -0.3 is 14.5 Å². The van der Waals surface area contributed by atoms with Crippen LogP contribution in [0.4, 0.5) is 0 Å². The molecule has 0 spiro atoms. The molecule has 0 aliphatic rings. The molecule has 0 saturated heterocycles. The summed E-state index contributed by atoms with van der Waals surface area (Å²) in [5.41, 5.74) is 2.51. The Hall–Kier alpha value is -1.74.